The van der Waals surface area contributed by atoms with Crippen molar-refractivity contribution < 1.29 is 29.5 Å². The van der Waals surface area contributed by atoms with Crippen LogP contribution in [-0.2, 0) is 14.2 Å². The van der Waals surface area contributed by atoms with Gasteiger partial charge in [0.1, 0.15) is 0 Å². The molecule has 7 heteroatoms. The Labute approximate surface area is 135 Å². The van der Waals surface area contributed by atoms with Crippen molar-refractivity contribution in [3.05, 3.63) is 0 Å². The van der Waals surface area contributed by atoms with Crippen molar-refractivity contribution in [2.75, 3.05) is 59.5 Å². The van der Waals surface area contributed by atoms with Crippen LogP contribution in [0.2, 0.25) is 0 Å². The van der Waals surface area contributed by atoms with Gasteiger partial charge < -0.3 is 29.5 Å². The molecule has 0 spiro atoms. The molecule has 0 radical (unpaired) electrons. The maximum Gasteiger partial charge on any atom is 3.00 e. The average Bonchev–Trinajstić information content (AvgIpc) is 2.42. The van der Waals surface area contributed by atoms with Gasteiger partial charge in [-0.3, -0.25) is 0 Å². The van der Waals surface area contributed by atoms with Crippen LogP contribution in [-0.4, -0.2) is 85.3 Å². The SMILES string of the molecule is CCOCC[O-].CCOCC[O-].CCOCC[O-].[In+3]. The number of rotatable bonds is 9. The first kappa shape index (κ1) is 27.9. The molecular formula is C12H27InO6. The maximum atomic E-state index is 9.56. The van der Waals surface area contributed by atoms with Gasteiger partial charge in [0.2, 0.25) is 0 Å². The molecule has 6 nitrogen and oxygen atoms in total. The second-order valence-electron chi connectivity index (χ2n) is 2.70. The minimum absolute atomic E-state index is 0. The van der Waals surface area contributed by atoms with Gasteiger partial charge in [0.15, 0.2) is 0 Å². The number of hydrogen-bond acceptors (Lipinski definition) is 6. The molecule has 0 atom stereocenters. The van der Waals surface area contributed by atoms with Crippen LogP contribution in [0.25, 0.3) is 0 Å². The van der Waals surface area contributed by atoms with E-state index in [0.717, 1.165) is 0 Å². The molecule has 0 aliphatic heterocycles. The Kier molecular flexibility index (Phi) is 53.3. The zero-order chi connectivity index (χ0) is 14.5. The molecule has 0 aromatic heterocycles. The summed E-state index contributed by atoms with van der Waals surface area (Å²) in [6.45, 7) is 8.30. The summed E-state index contributed by atoms with van der Waals surface area (Å²) in [4.78, 5) is 0. The summed E-state index contributed by atoms with van der Waals surface area (Å²) in [5, 5.41) is 28.7. The molecule has 0 aliphatic rings. The summed E-state index contributed by atoms with van der Waals surface area (Å²) in [7, 11) is 0. The predicted octanol–water partition coefficient (Wildman–Crippen LogP) is -2.23. The van der Waals surface area contributed by atoms with Gasteiger partial charge in [-0.15, -0.1) is 19.8 Å². The second-order valence-corrected chi connectivity index (χ2v) is 2.70. The molecule has 0 aromatic carbocycles. The van der Waals surface area contributed by atoms with Crippen LogP contribution in [0.3, 0.4) is 0 Å². The zero-order valence-electron chi connectivity index (χ0n) is 12.4. The first-order valence-electron chi connectivity index (χ1n) is 6.22. The monoisotopic (exact) mass is 382 g/mol. The summed E-state index contributed by atoms with van der Waals surface area (Å²) in [6.07, 6.45) is 0. The molecule has 0 heterocycles. The van der Waals surface area contributed by atoms with Gasteiger partial charge in [-0.2, -0.15) is 0 Å². The van der Waals surface area contributed by atoms with Gasteiger partial charge >= 0.3 is 25.8 Å². The molecule has 0 saturated heterocycles. The Morgan fingerprint density at radius 3 is 0.842 bits per heavy atom. The van der Waals surface area contributed by atoms with Gasteiger partial charge in [0.05, 0.1) is 0 Å². The fourth-order valence-corrected chi connectivity index (χ4v) is 0.610. The van der Waals surface area contributed by atoms with E-state index < -0.39 is 0 Å². The summed E-state index contributed by atoms with van der Waals surface area (Å²) in [5.41, 5.74) is 0. The Morgan fingerprint density at radius 2 is 0.789 bits per heavy atom. The van der Waals surface area contributed by atoms with E-state index in [1.165, 1.54) is 0 Å². The van der Waals surface area contributed by atoms with Crippen LogP contribution in [0.4, 0.5) is 0 Å². The molecule has 0 rings (SSSR count). The molecule has 0 saturated carbocycles. The van der Waals surface area contributed by atoms with E-state index in [2.05, 4.69) is 14.2 Å². The molecule has 19 heavy (non-hydrogen) atoms. The predicted molar refractivity (Wildman–Crippen MR) is 69.8 cm³/mol. The minimum atomic E-state index is -0.117. The molecule has 0 bridgehead atoms. The molecule has 0 fully saturated rings. The molecule has 0 unspecified atom stereocenters. The molecule has 114 valence electrons. The van der Waals surface area contributed by atoms with Crippen LogP contribution in [0.15, 0.2) is 0 Å². The van der Waals surface area contributed by atoms with Gasteiger partial charge in [0.25, 0.3) is 0 Å². The summed E-state index contributed by atoms with van der Waals surface area (Å²) in [5.74, 6) is 0. The van der Waals surface area contributed by atoms with E-state index in [0.29, 0.717) is 39.6 Å². The summed E-state index contributed by atoms with van der Waals surface area (Å²) in [6, 6.07) is 0. The van der Waals surface area contributed by atoms with Gasteiger partial charge in [-0.1, -0.05) is 0 Å². The van der Waals surface area contributed by atoms with E-state index in [1.807, 2.05) is 20.8 Å². The Bertz CT molecular complexity index is 77.2. The van der Waals surface area contributed by atoms with E-state index >= 15 is 0 Å². The van der Waals surface area contributed by atoms with E-state index in [9.17, 15) is 15.3 Å². The van der Waals surface area contributed by atoms with E-state index in [4.69, 9.17) is 0 Å². The van der Waals surface area contributed by atoms with Crippen molar-refractivity contribution in [2.24, 2.45) is 0 Å². The van der Waals surface area contributed by atoms with Crippen LogP contribution >= 0.6 is 0 Å². The van der Waals surface area contributed by atoms with Crippen molar-refractivity contribution in [1.82, 2.24) is 0 Å². The fourth-order valence-electron chi connectivity index (χ4n) is 0.610. The van der Waals surface area contributed by atoms with Crippen LogP contribution in [0, 0.1) is 0 Å². The van der Waals surface area contributed by atoms with Crippen LogP contribution in [0.1, 0.15) is 20.8 Å². The number of ether oxygens (including phenoxy) is 3. The molecular weight excluding hydrogens is 355 g/mol. The fraction of sp³-hybridized carbons (Fsp3) is 1.00. The number of hydrogen-bond donors (Lipinski definition) is 0. The summed E-state index contributed by atoms with van der Waals surface area (Å²) >= 11 is 0. The Hall–Kier alpha value is 0.630. The Balaban J connectivity index is -0.0000000865. The first-order chi connectivity index (χ1) is 8.74. The molecule has 0 aromatic rings. The average molecular weight is 382 g/mol. The minimum Gasteiger partial charge on any atom is -0.853 e. The first-order valence-corrected chi connectivity index (χ1v) is 6.22. The normalized spacial score (nSPS) is 8.53. The van der Waals surface area contributed by atoms with Crippen molar-refractivity contribution in [3.8, 4) is 0 Å². The smallest absolute Gasteiger partial charge is 0.853 e. The Morgan fingerprint density at radius 1 is 0.579 bits per heavy atom. The van der Waals surface area contributed by atoms with Crippen molar-refractivity contribution in [3.63, 3.8) is 0 Å². The molecule has 0 aliphatic carbocycles. The van der Waals surface area contributed by atoms with E-state index in [1.54, 1.807) is 0 Å². The van der Waals surface area contributed by atoms with E-state index in [-0.39, 0.29) is 45.7 Å². The third-order valence-electron chi connectivity index (χ3n) is 1.30. The quantitative estimate of drug-likeness (QED) is 0.419. The topological polar surface area (TPSA) is 96.9 Å². The third kappa shape index (κ3) is 55.6. The maximum absolute atomic E-state index is 9.56. The van der Waals surface area contributed by atoms with Crippen LogP contribution < -0.4 is 15.3 Å². The van der Waals surface area contributed by atoms with Crippen molar-refractivity contribution in [2.45, 2.75) is 20.8 Å². The van der Waals surface area contributed by atoms with Crippen molar-refractivity contribution >= 4 is 25.8 Å². The molecule has 0 N–H and O–H groups in total. The molecule has 0 amide bonds. The van der Waals surface area contributed by atoms with Crippen LogP contribution in [0.5, 0.6) is 0 Å². The largest absolute Gasteiger partial charge is 3.00 e. The standard InChI is InChI=1S/3C4H9O2.In/c3*1-2-6-4-3-5;/h3*2-4H2,1H3;/q3*-1;+3. The third-order valence-corrected chi connectivity index (χ3v) is 1.30. The van der Waals surface area contributed by atoms with Crippen molar-refractivity contribution in [1.29, 1.82) is 0 Å². The van der Waals surface area contributed by atoms with Gasteiger partial charge in [0, 0.05) is 39.6 Å². The van der Waals surface area contributed by atoms with Gasteiger partial charge in [-0.05, 0) is 20.8 Å². The summed E-state index contributed by atoms with van der Waals surface area (Å²) < 4.78 is 14.0. The van der Waals surface area contributed by atoms with Gasteiger partial charge in [-0.25, -0.2) is 0 Å². The second kappa shape index (κ2) is 36.3. The zero-order valence-corrected chi connectivity index (χ0v) is 15.7.